The van der Waals surface area contributed by atoms with Crippen LogP contribution >= 0.6 is 0 Å². The summed E-state index contributed by atoms with van der Waals surface area (Å²) in [4.78, 5) is 12.3. The minimum atomic E-state index is 0.104. The van der Waals surface area contributed by atoms with E-state index in [1.165, 1.54) is 32.1 Å². The van der Waals surface area contributed by atoms with Crippen LogP contribution in [-0.2, 0) is 14.3 Å². The van der Waals surface area contributed by atoms with E-state index in [1.807, 2.05) is 0 Å². The molecule has 3 aliphatic carbocycles. The summed E-state index contributed by atoms with van der Waals surface area (Å²) >= 11 is 0. The topological polar surface area (TPSA) is 38.8 Å². The molecule has 0 aromatic carbocycles. The summed E-state index contributed by atoms with van der Waals surface area (Å²) in [6.07, 6.45) is 10.7. The van der Waals surface area contributed by atoms with E-state index < -0.39 is 0 Å². The number of ether oxygens (including phenoxy) is 2. The van der Waals surface area contributed by atoms with Crippen LogP contribution in [0.15, 0.2) is 12.3 Å². The van der Waals surface area contributed by atoms with Crippen molar-refractivity contribution in [2.45, 2.75) is 83.3 Å². The molecule has 6 atom stereocenters. The van der Waals surface area contributed by atoms with Gasteiger partial charge < -0.3 is 9.47 Å². The first-order valence-corrected chi connectivity index (χ1v) is 9.91. The van der Waals surface area contributed by atoms with Crippen molar-refractivity contribution in [3.05, 3.63) is 12.3 Å². The third-order valence-electron chi connectivity index (χ3n) is 7.50. The normalized spacial score (nSPS) is 45.8. The fourth-order valence-electron chi connectivity index (χ4n) is 5.14. The zero-order valence-corrected chi connectivity index (χ0v) is 15.3. The van der Waals surface area contributed by atoms with Crippen LogP contribution in [0.2, 0.25) is 0 Å². The molecule has 0 aromatic rings. The maximum absolute atomic E-state index is 12.3. The van der Waals surface area contributed by atoms with Crippen LogP contribution in [0.5, 0.6) is 0 Å². The highest BCUT2D eigenvalue weighted by Gasteiger charge is 2.55. The highest BCUT2D eigenvalue weighted by Crippen LogP contribution is 2.62. The average molecular weight is 332 g/mol. The molecule has 4 aliphatic rings. The molecule has 4 rings (SSSR count). The summed E-state index contributed by atoms with van der Waals surface area (Å²) in [5.74, 6) is 2.66. The number of hydrogen-bond acceptors (Lipinski definition) is 3. The van der Waals surface area contributed by atoms with Crippen molar-refractivity contribution in [3.8, 4) is 0 Å². The Kier molecular flexibility index (Phi) is 4.06. The Morgan fingerprint density at radius 3 is 2.75 bits per heavy atom. The van der Waals surface area contributed by atoms with Gasteiger partial charge in [-0.3, -0.25) is 4.79 Å². The van der Waals surface area contributed by atoms with Crippen LogP contribution in [0.25, 0.3) is 0 Å². The predicted molar refractivity (Wildman–Crippen MR) is 93.5 cm³/mol. The third-order valence-corrected chi connectivity index (χ3v) is 7.50. The lowest BCUT2D eigenvalue weighted by Crippen LogP contribution is -2.22. The van der Waals surface area contributed by atoms with Gasteiger partial charge in [0.15, 0.2) is 11.5 Å². The number of carbonyl (C=O) groups excluding carboxylic acids is 1. The Bertz CT molecular complexity index is 493. The largest absolute Gasteiger partial charge is 0.490 e. The van der Waals surface area contributed by atoms with Gasteiger partial charge in [0.2, 0.25) is 0 Å². The molecular weight excluding hydrogens is 300 g/mol. The van der Waals surface area contributed by atoms with E-state index in [0.29, 0.717) is 42.1 Å². The molecule has 0 aromatic heterocycles. The van der Waals surface area contributed by atoms with Crippen molar-refractivity contribution >= 4 is 5.78 Å². The Morgan fingerprint density at radius 2 is 2.00 bits per heavy atom. The number of carbonyl (C=O) groups is 1. The van der Waals surface area contributed by atoms with Crippen LogP contribution in [0.1, 0.15) is 71.6 Å². The summed E-state index contributed by atoms with van der Waals surface area (Å²) in [6, 6.07) is 0. The minimum Gasteiger partial charge on any atom is -0.490 e. The van der Waals surface area contributed by atoms with Crippen LogP contribution < -0.4 is 0 Å². The average Bonchev–Trinajstić information content (AvgIpc) is 3.42. The molecule has 0 N–H and O–H groups in total. The fourth-order valence-corrected chi connectivity index (χ4v) is 5.14. The van der Waals surface area contributed by atoms with Gasteiger partial charge in [-0.15, -0.1) is 0 Å². The van der Waals surface area contributed by atoms with E-state index in [-0.39, 0.29) is 11.4 Å². The summed E-state index contributed by atoms with van der Waals surface area (Å²) in [7, 11) is 0. The molecule has 3 heteroatoms. The van der Waals surface area contributed by atoms with Crippen molar-refractivity contribution in [1.29, 1.82) is 0 Å². The third kappa shape index (κ3) is 3.29. The molecule has 0 amide bonds. The quantitative estimate of drug-likeness (QED) is 0.387. The van der Waals surface area contributed by atoms with Gasteiger partial charge >= 0.3 is 0 Å². The maximum atomic E-state index is 12.3. The molecule has 3 nitrogen and oxygen atoms in total. The summed E-state index contributed by atoms with van der Waals surface area (Å²) in [5.41, 5.74) is 0.815. The Labute approximate surface area is 146 Å². The minimum absolute atomic E-state index is 0.104. The molecule has 0 spiro atoms. The smallest absolute Gasteiger partial charge is 0.196 e. The van der Waals surface area contributed by atoms with E-state index in [2.05, 4.69) is 20.4 Å². The van der Waals surface area contributed by atoms with Gasteiger partial charge in [0.25, 0.3) is 0 Å². The van der Waals surface area contributed by atoms with Crippen LogP contribution in [0.4, 0.5) is 0 Å². The Balaban J connectivity index is 1.13. The van der Waals surface area contributed by atoms with Gasteiger partial charge in [-0.25, -0.2) is 0 Å². The lowest BCUT2D eigenvalue weighted by Gasteiger charge is -2.26. The number of rotatable bonds is 7. The molecule has 1 heterocycles. The SMILES string of the molecule is C=C(OCC1CCC2(C)CC2C1)C(=O)CCC1CCC2(C)OC2C1. The van der Waals surface area contributed by atoms with E-state index in [9.17, 15) is 4.79 Å². The first-order chi connectivity index (χ1) is 11.4. The molecule has 6 unspecified atom stereocenters. The molecule has 0 bridgehead atoms. The molecule has 1 aliphatic heterocycles. The van der Waals surface area contributed by atoms with E-state index in [0.717, 1.165) is 25.2 Å². The lowest BCUT2D eigenvalue weighted by molar-refractivity contribution is -0.119. The first-order valence-electron chi connectivity index (χ1n) is 9.91. The van der Waals surface area contributed by atoms with Crippen molar-refractivity contribution in [2.24, 2.45) is 23.2 Å². The van der Waals surface area contributed by atoms with E-state index in [1.54, 1.807) is 0 Å². The Hall–Kier alpha value is -0.830. The standard InChI is InChI=1S/C21H32O3/c1-14(23-13-16-6-8-20(2)12-17(20)10-16)18(22)5-4-15-7-9-21(3)19(11-15)24-21/h15-17,19H,1,4-13H2,2-3H3. The number of allylic oxidation sites excluding steroid dienone is 1. The number of Topliss-reactive ketones (excluding diaryl/α,β-unsaturated/α-hetero) is 1. The molecule has 134 valence electrons. The number of epoxide rings is 1. The van der Waals surface area contributed by atoms with Crippen LogP contribution in [0, 0.1) is 23.2 Å². The molecule has 24 heavy (non-hydrogen) atoms. The van der Waals surface area contributed by atoms with Crippen LogP contribution in [-0.4, -0.2) is 24.1 Å². The van der Waals surface area contributed by atoms with Crippen molar-refractivity contribution in [2.75, 3.05) is 6.61 Å². The van der Waals surface area contributed by atoms with Gasteiger partial charge in [0.1, 0.15) is 0 Å². The second-order valence-electron chi connectivity index (χ2n) is 9.45. The zero-order valence-electron chi connectivity index (χ0n) is 15.3. The van der Waals surface area contributed by atoms with Gasteiger partial charge in [0, 0.05) is 6.42 Å². The number of fused-ring (bicyclic) bond motifs is 2. The second kappa shape index (κ2) is 5.86. The van der Waals surface area contributed by atoms with Gasteiger partial charge in [-0.05, 0) is 81.5 Å². The summed E-state index contributed by atoms with van der Waals surface area (Å²) < 4.78 is 11.5. The summed E-state index contributed by atoms with van der Waals surface area (Å²) in [6.45, 7) is 9.20. The highest BCUT2D eigenvalue weighted by atomic mass is 16.6. The van der Waals surface area contributed by atoms with Gasteiger partial charge in [-0.1, -0.05) is 13.5 Å². The second-order valence-corrected chi connectivity index (χ2v) is 9.45. The van der Waals surface area contributed by atoms with Crippen molar-refractivity contribution in [1.82, 2.24) is 0 Å². The molecule has 4 fully saturated rings. The highest BCUT2D eigenvalue weighted by molar-refractivity contribution is 5.92. The monoisotopic (exact) mass is 332 g/mol. The molecule has 0 radical (unpaired) electrons. The zero-order chi connectivity index (χ0) is 16.9. The molecule has 1 saturated heterocycles. The lowest BCUT2D eigenvalue weighted by atomic mass is 9.80. The maximum Gasteiger partial charge on any atom is 0.196 e. The van der Waals surface area contributed by atoms with Crippen LogP contribution in [0.3, 0.4) is 0 Å². The fraction of sp³-hybridized carbons (Fsp3) is 0.857. The molecular formula is C21H32O3. The van der Waals surface area contributed by atoms with Gasteiger partial charge in [-0.2, -0.15) is 0 Å². The van der Waals surface area contributed by atoms with Gasteiger partial charge in [0.05, 0.1) is 18.3 Å². The first kappa shape index (κ1) is 16.6. The van der Waals surface area contributed by atoms with E-state index >= 15 is 0 Å². The number of hydrogen-bond donors (Lipinski definition) is 0. The van der Waals surface area contributed by atoms with E-state index in [4.69, 9.17) is 9.47 Å². The van der Waals surface area contributed by atoms with Crippen molar-refractivity contribution in [3.63, 3.8) is 0 Å². The number of ketones is 1. The predicted octanol–water partition coefficient (Wildman–Crippen LogP) is 4.65. The summed E-state index contributed by atoms with van der Waals surface area (Å²) in [5, 5.41) is 0. The molecule has 3 saturated carbocycles. The van der Waals surface area contributed by atoms with Crippen molar-refractivity contribution < 1.29 is 14.3 Å². The Morgan fingerprint density at radius 1 is 1.21 bits per heavy atom.